The quantitative estimate of drug-likeness (QED) is 0.543. The van der Waals surface area contributed by atoms with E-state index in [-0.39, 0.29) is 17.2 Å². The third-order valence-corrected chi connectivity index (χ3v) is 6.60. The molecule has 1 aromatic carbocycles. The Kier molecular flexibility index (Phi) is 7.14. The van der Waals surface area contributed by atoms with Gasteiger partial charge in [0.25, 0.3) is 0 Å². The zero-order chi connectivity index (χ0) is 20.9. The highest BCUT2D eigenvalue weighted by Crippen LogP contribution is 2.48. The predicted octanol–water partition coefficient (Wildman–Crippen LogP) is 3.45. The number of aliphatic imine (C=N–C) groups is 1. The lowest BCUT2D eigenvalue weighted by molar-refractivity contribution is -0.136. The summed E-state index contributed by atoms with van der Waals surface area (Å²) in [5.41, 5.74) is 0.685. The summed E-state index contributed by atoms with van der Waals surface area (Å²) in [4.78, 5) is 18.9. The van der Waals surface area contributed by atoms with Gasteiger partial charge in [-0.05, 0) is 50.2 Å². The fourth-order valence-electron chi connectivity index (χ4n) is 4.36. The van der Waals surface area contributed by atoms with Crippen LogP contribution in [0.4, 0.5) is 4.39 Å². The monoisotopic (exact) mass is 402 g/mol. The Hall–Kier alpha value is -2.11. The first kappa shape index (κ1) is 21.6. The molecule has 1 aliphatic carbocycles. The Bertz CT molecular complexity index is 719. The van der Waals surface area contributed by atoms with Crippen molar-refractivity contribution >= 4 is 11.9 Å². The van der Waals surface area contributed by atoms with E-state index < -0.39 is 0 Å². The lowest BCUT2D eigenvalue weighted by atomic mass is 9.95. The second kappa shape index (κ2) is 9.59. The van der Waals surface area contributed by atoms with E-state index in [4.69, 9.17) is 0 Å². The van der Waals surface area contributed by atoms with E-state index in [1.807, 2.05) is 17.0 Å². The SMILES string of the molecule is CCC(CC)C(=O)N1CCC(NC(=NC)NCC2(c3ccccc3F)CC2)CC1. The van der Waals surface area contributed by atoms with E-state index >= 15 is 0 Å². The first-order valence-electron chi connectivity index (χ1n) is 11.0. The van der Waals surface area contributed by atoms with Gasteiger partial charge < -0.3 is 15.5 Å². The van der Waals surface area contributed by atoms with Crippen LogP contribution in [0, 0.1) is 11.7 Å². The molecule has 2 fully saturated rings. The van der Waals surface area contributed by atoms with Crippen molar-refractivity contribution in [3.63, 3.8) is 0 Å². The Morgan fingerprint density at radius 2 is 1.90 bits per heavy atom. The van der Waals surface area contributed by atoms with Gasteiger partial charge in [-0.2, -0.15) is 0 Å². The van der Waals surface area contributed by atoms with E-state index in [1.54, 1.807) is 19.2 Å². The molecule has 0 bridgehead atoms. The maximum absolute atomic E-state index is 14.2. The van der Waals surface area contributed by atoms with Crippen molar-refractivity contribution in [1.29, 1.82) is 0 Å². The molecule has 3 rings (SSSR count). The molecule has 2 aliphatic rings. The summed E-state index contributed by atoms with van der Waals surface area (Å²) in [7, 11) is 1.77. The Morgan fingerprint density at radius 3 is 2.45 bits per heavy atom. The highest BCUT2D eigenvalue weighted by molar-refractivity contribution is 5.80. The predicted molar refractivity (Wildman–Crippen MR) is 115 cm³/mol. The summed E-state index contributed by atoms with van der Waals surface area (Å²) in [6.07, 6.45) is 5.65. The van der Waals surface area contributed by atoms with Gasteiger partial charge in [0.2, 0.25) is 5.91 Å². The van der Waals surface area contributed by atoms with E-state index in [0.717, 1.165) is 63.1 Å². The standard InChI is InChI=1S/C23H35FN4O/c1-4-17(5-2)21(29)28-14-10-18(11-15-28)27-22(25-3)26-16-23(12-13-23)19-8-6-7-9-20(19)24/h6-9,17-18H,4-5,10-16H2,1-3H3,(H2,25,26,27). The molecule has 5 nitrogen and oxygen atoms in total. The molecule has 29 heavy (non-hydrogen) atoms. The minimum absolute atomic E-state index is 0.117. The number of carbonyl (C=O) groups excluding carboxylic acids is 1. The van der Waals surface area contributed by atoms with Gasteiger partial charge in [-0.25, -0.2) is 4.39 Å². The Labute approximate surface area is 174 Å². The normalized spacial score (nSPS) is 19.3. The molecular weight excluding hydrogens is 367 g/mol. The van der Waals surface area contributed by atoms with Crippen LogP contribution in [0.1, 0.15) is 57.9 Å². The lowest BCUT2D eigenvalue weighted by Crippen LogP contribution is -2.51. The number of hydrogen-bond donors (Lipinski definition) is 2. The molecule has 0 spiro atoms. The number of rotatable bonds is 7. The molecule has 1 aliphatic heterocycles. The van der Waals surface area contributed by atoms with Crippen molar-refractivity contribution in [2.45, 2.75) is 63.8 Å². The number of benzene rings is 1. The van der Waals surface area contributed by atoms with Crippen LogP contribution in [0.25, 0.3) is 0 Å². The second-order valence-corrected chi connectivity index (χ2v) is 8.44. The van der Waals surface area contributed by atoms with Gasteiger partial charge in [0.15, 0.2) is 5.96 Å². The number of likely N-dealkylation sites (tertiary alicyclic amines) is 1. The summed E-state index contributed by atoms with van der Waals surface area (Å²) in [5.74, 6) is 1.10. The second-order valence-electron chi connectivity index (χ2n) is 8.44. The zero-order valence-electron chi connectivity index (χ0n) is 18.0. The molecule has 2 N–H and O–H groups in total. The van der Waals surface area contributed by atoms with Crippen LogP contribution >= 0.6 is 0 Å². The highest BCUT2D eigenvalue weighted by atomic mass is 19.1. The summed E-state index contributed by atoms with van der Waals surface area (Å²) >= 11 is 0. The summed E-state index contributed by atoms with van der Waals surface area (Å²) < 4.78 is 14.2. The van der Waals surface area contributed by atoms with Crippen molar-refractivity contribution in [1.82, 2.24) is 15.5 Å². The van der Waals surface area contributed by atoms with Crippen LogP contribution in [-0.2, 0) is 10.2 Å². The number of hydrogen-bond acceptors (Lipinski definition) is 2. The fourth-order valence-corrected chi connectivity index (χ4v) is 4.36. The van der Waals surface area contributed by atoms with E-state index in [0.29, 0.717) is 18.5 Å². The van der Waals surface area contributed by atoms with E-state index in [2.05, 4.69) is 29.5 Å². The average Bonchev–Trinajstić information content (AvgIpc) is 3.53. The van der Waals surface area contributed by atoms with E-state index in [1.165, 1.54) is 0 Å². The van der Waals surface area contributed by atoms with Gasteiger partial charge in [-0.1, -0.05) is 32.0 Å². The van der Waals surface area contributed by atoms with Gasteiger partial charge in [-0.15, -0.1) is 0 Å². The van der Waals surface area contributed by atoms with Crippen LogP contribution in [0.2, 0.25) is 0 Å². The van der Waals surface area contributed by atoms with Crippen LogP contribution in [0.5, 0.6) is 0 Å². The van der Waals surface area contributed by atoms with Gasteiger partial charge in [0.1, 0.15) is 5.82 Å². The highest BCUT2D eigenvalue weighted by Gasteiger charge is 2.45. The topological polar surface area (TPSA) is 56.7 Å². The molecule has 1 amide bonds. The third kappa shape index (κ3) is 5.09. The minimum atomic E-state index is -0.121. The summed E-state index contributed by atoms with van der Waals surface area (Å²) in [6.45, 7) is 6.44. The number of nitrogens with one attached hydrogen (secondary N) is 2. The molecule has 0 aromatic heterocycles. The van der Waals surface area contributed by atoms with Crippen LogP contribution in [0.15, 0.2) is 29.3 Å². The third-order valence-electron chi connectivity index (χ3n) is 6.60. The van der Waals surface area contributed by atoms with Gasteiger partial charge in [0, 0.05) is 44.1 Å². The molecule has 1 saturated carbocycles. The maximum atomic E-state index is 14.2. The fraction of sp³-hybridized carbons (Fsp3) is 0.652. The van der Waals surface area contributed by atoms with Crippen LogP contribution in [0.3, 0.4) is 0 Å². The minimum Gasteiger partial charge on any atom is -0.356 e. The molecule has 1 heterocycles. The van der Waals surface area contributed by atoms with Gasteiger partial charge in [0.05, 0.1) is 0 Å². The van der Waals surface area contributed by atoms with Crippen LogP contribution < -0.4 is 10.6 Å². The molecule has 0 radical (unpaired) electrons. The number of guanidine groups is 1. The molecular formula is C23H35FN4O. The lowest BCUT2D eigenvalue weighted by Gasteiger charge is -2.35. The molecule has 160 valence electrons. The van der Waals surface area contributed by atoms with Crippen molar-refractivity contribution in [2.24, 2.45) is 10.9 Å². The van der Waals surface area contributed by atoms with Crippen molar-refractivity contribution in [3.8, 4) is 0 Å². The molecule has 0 atom stereocenters. The summed E-state index contributed by atoms with van der Waals surface area (Å²) in [6, 6.07) is 7.38. The molecule has 1 saturated heterocycles. The van der Waals surface area contributed by atoms with Gasteiger partial charge >= 0.3 is 0 Å². The number of piperidine rings is 1. The zero-order valence-corrected chi connectivity index (χ0v) is 18.0. The van der Waals surface area contributed by atoms with Gasteiger partial charge in [-0.3, -0.25) is 9.79 Å². The number of amides is 1. The largest absolute Gasteiger partial charge is 0.356 e. The number of halogens is 1. The number of nitrogens with zero attached hydrogens (tertiary/aromatic N) is 2. The number of carbonyl (C=O) groups is 1. The smallest absolute Gasteiger partial charge is 0.225 e. The maximum Gasteiger partial charge on any atom is 0.225 e. The summed E-state index contributed by atoms with van der Waals surface area (Å²) in [5, 5.41) is 6.90. The van der Waals surface area contributed by atoms with Crippen LogP contribution in [-0.4, -0.2) is 49.5 Å². The van der Waals surface area contributed by atoms with Crippen molar-refractivity contribution < 1.29 is 9.18 Å². The molecule has 1 aromatic rings. The van der Waals surface area contributed by atoms with Crippen molar-refractivity contribution in [2.75, 3.05) is 26.7 Å². The Balaban J connectivity index is 1.48. The molecule has 0 unspecified atom stereocenters. The first-order chi connectivity index (χ1) is 14.0. The van der Waals surface area contributed by atoms with E-state index in [9.17, 15) is 9.18 Å². The molecule has 6 heteroatoms. The Morgan fingerprint density at radius 1 is 1.24 bits per heavy atom. The first-order valence-corrected chi connectivity index (χ1v) is 11.0. The van der Waals surface area contributed by atoms with Crippen molar-refractivity contribution in [3.05, 3.63) is 35.6 Å². The average molecular weight is 403 g/mol.